The van der Waals surface area contributed by atoms with Gasteiger partial charge in [-0.3, -0.25) is 33.7 Å². The van der Waals surface area contributed by atoms with E-state index in [1.807, 2.05) is 6.92 Å². The van der Waals surface area contributed by atoms with Gasteiger partial charge in [-0.2, -0.15) is 0 Å². The number of carboxylic acid groups (broad SMARTS) is 1. The number of aromatic carboxylic acids is 1. The molecule has 376 valence electrons. The maximum atomic E-state index is 15.7. The summed E-state index contributed by atoms with van der Waals surface area (Å²) in [7, 11) is 0. The van der Waals surface area contributed by atoms with Crippen LogP contribution < -0.4 is 42.6 Å². The molecule has 0 spiro atoms. The monoisotopic (exact) mass is 991 g/mol. The quantitative estimate of drug-likeness (QED) is 0.0512. The normalized spacial score (nSPS) is 16.8. The number of carboxylic acids is 1. The number of hydrogen-bond donors (Lipinski definition) is 7. The Balaban J connectivity index is 0.981. The summed E-state index contributed by atoms with van der Waals surface area (Å²) in [6.45, 7) is 6.32. The van der Waals surface area contributed by atoms with Gasteiger partial charge >= 0.3 is 18.1 Å². The Labute approximate surface area is 407 Å². The Hall–Kier alpha value is -7.03. The number of ether oxygens (including phenoxy) is 1. The van der Waals surface area contributed by atoms with Gasteiger partial charge in [-0.1, -0.05) is 44.0 Å². The number of urea groups is 1. The number of halogens is 2. The van der Waals surface area contributed by atoms with Crippen LogP contribution in [0.3, 0.4) is 0 Å². The van der Waals surface area contributed by atoms with Crippen molar-refractivity contribution in [2.24, 2.45) is 17.6 Å². The average molecular weight is 993 g/mol. The van der Waals surface area contributed by atoms with Gasteiger partial charge in [0.2, 0.25) is 23.2 Å². The van der Waals surface area contributed by atoms with Gasteiger partial charge in [0.25, 0.3) is 11.8 Å². The second kappa shape index (κ2) is 23.5. The zero-order valence-electron chi connectivity index (χ0n) is 39.2. The molecular weight excluding hydrogens is 933 g/mol. The topological polar surface area (TPSA) is 281 Å². The van der Waals surface area contributed by atoms with E-state index in [4.69, 9.17) is 22.1 Å². The number of fused-ring (bicyclic) bond motifs is 1. The standard InChI is InChI=1S/C48H59ClFN9O11/c1-26(2)40(56-36(60)9-5-4-6-20-58-37(61)16-17-38(58)62)45(65)55-35(8-7-19-52-47(51)68)44(64)54-30-12-10-28(11-13-30)25-70-48(69)53-27(3)29-18-21-57(23-29)42-34(50)22-32-41(39(42)49)59(31-14-15-31)24-33(43(32)63)46(66)67/h10-13,16-17,22,24,26-27,29,31,35,40H,4-9,14-15,18-21,23,25H2,1-3H3,(H,53,69)(H,54,64)(H,55,65)(H,56,60)(H,66,67)(H3,51,52,68). The number of nitrogens with two attached hydrogens (primary N) is 1. The van der Waals surface area contributed by atoms with Gasteiger partial charge < -0.3 is 51.6 Å². The molecule has 0 radical (unpaired) electrons. The summed E-state index contributed by atoms with van der Waals surface area (Å²) in [5, 5.41) is 23.1. The number of pyridine rings is 1. The van der Waals surface area contributed by atoms with Crippen molar-refractivity contribution >= 4 is 81.5 Å². The number of alkyl carbamates (subject to hydrolysis) is 1. The molecule has 2 aromatic carbocycles. The van der Waals surface area contributed by atoms with E-state index in [-0.39, 0.29) is 96.2 Å². The summed E-state index contributed by atoms with van der Waals surface area (Å²) in [4.78, 5) is 115. The average Bonchev–Trinajstić information content (AvgIpc) is 3.95. The minimum Gasteiger partial charge on any atom is -0.477 e. The fourth-order valence-corrected chi connectivity index (χ4v) is 8.94. The molecule has 1 saturated carbocycles. The van der Waals surface area contributed by atoms with E-state index in [0.717, 1.165) is 23.8 Å². The number of carbonyl (C=O) groups excluding carboxylic acids is 7. The van der Waals surface area contributed by atoms with Crippen molar-refractivity contribution in [3.05, 3.63) is 80.9 Å². The number of nitrogens with one attached hydrogen (secondary N) is 5. The molecular formula is C48H59ClFN9O11. The van der Waals surface area contributed by atoms with Crippen molar-refractivity contribution in [2.75, 3.05) is 36.4 Å². The Morgan fingerprint density at radius 1 is 0.914 bits per heavy atom. The second-order valence-corrected chi connectivity index (χ2v) is 18.6. The highest BCUT2D eigenvalue weighted by Gasteiger charge is 2.35. The zero-order chi connectivity index (χ0) is 50.8. The number of benzene rings is 2. The van der Waals surface area contributed by atoms with E-state index in [0.29, 0.717) is 50.0 Å². The van der Waals surface area contributed by atoms with Gasteiger partial charge in [0.05, 0.1) is 21.6 Å². The van der Waals surface area contributed by atoms with E-state index >= 15 is 4.39 Å². The molecule has 8 amide bonds. The first-order chi connectivity index (χ1) is 33.3. The lowest BCUT2D eigenvalue weighted by atomic mass is 10.0. The number of rotatable bonds is 23. The SMILES string of the molecule is CC(C)C(NC(=O)CCCCCN1C(=O)C=CC1=O)C(=O)NC(CCCNC(N)=O)C(=O)Nc1ccc(COC(=O)NC(C)C2CCN(c3c(F)cc4c(=O)c(C(=O)O)cn(C5CC5)c4c3Cl)C2)cc1. The lowest BCUT2D eigenvalue weighted by Gasteiger charge is -2.25. The first-order valence-electron chi connectivity index (χ1n) is 23.4. The molecule has 1 aliphatic carbocycles. The maximum Gasteiger partial charge on any atom is 0.407 e. The van der Waals surface area contributed by atoms with Gasteiger partial charge in [-0.05, 0) is 87.5 Å². The van der Waals surface area contributed by atoms with E-state index in [2.05, 4.69) is 26.6 Å². The van der Waals surface area contributed by atoms with Gasteiger partial charge in [-0.25, -0.2) is 18.8 Å². The Bertz CT molecular complexity index is 2580. The van der Waals surface area contributed by atoms with Crippen LogP contribution in [-0.2, 0) is 35.3 Å². The third kappa shape index (κ3) is 13.4. The predicted molar refractivity (Wildman–Crippen MR) is 256 cm³/mol. The molecule has 3 aliphatic rings. The largest absolute Gasteiger partial charge is 0.477 e. The first-order valence-corrected chi connectivity index (χ1v) is 23.7. The summed E-state index contributed by atoms with van der Waals surface area (Å²) >= 11 is 6.83. The molecule has 20 nitrogen and oxygen atoms in total. The highest BCUT2D eigenvalue weighted by atomic mass is 35.5. The highest BCUT2D eigenvalue weighted by Crippen LogP contribution is 2.43. The predicted octanol–water partition coefficient (Wildman–Crippen LogP) is 4.47. The van der Waals surface area contributed by atoms with E-state index in [1.54, 1.807) is 47.6 Å². The Morgan fingerprint density at radius 2 is 1.61 bits per heavy atom. The summed E-state index contributed by atoms with van der Waals surface area (Å²) in [5.41, 5.74) is 5.30. The van der Waals surface area contributed by atoms with Gasteiger partial charge in [0.15, 0.2) is 0 Å². The van der Waals surface area contributed by atoms with Crippen LogP contribution in [0.5, 0.6) is 0 Å². The molecule has 2 aliphatic heterocycles. The van der Waals surface area contributed by atoms with Crippen LogP contribution in [0, 0.1) is 17.7 Å². The number of anilines is 2. The minimum atomic E-state index is -1.40. The van der Waals surface area contributed by atoms with Crippen LogP contribution in [0.4, 0.5) is 25.4 Å². The highest BCUT2D eigenvalue weighted by molar-refractivity contribution is 6.38. The molecule has 70 heavy (non-hydrogen) atoms. The molecule has 4 atom stereocenters. The molecule has 1 aromatic heterocycles. The summed E-state index contributed by atoms with van der Waals surface area (Å²) in [6, 6.07) is 4.29. The molecule has 8 N–H and O–H groups in total. The number of hydrogen-bond acceptors (Lipinski definition) is 11. The molecule has 0 bridgehead atoms. The van der Waals surface area contributed by atoms with Crippen molar-refractivity contribution < 1.29 is 52.6 Å². The minimum absolute atomic E-state index is 0.0231. The van der Waals surface area contributed by atoms with Crippen LogP contribution in [0.25, 0.3) is 10.9 Å². The summed E-state index contributed by atoms with van der Waals surface area (Å²) < 4.78 is 22.9. The summed E-state index contributed by atoms with van der Waals surface area (Å²) in [5.74, 6) is -4.88. The molecule has 6 rings (SSSR count). The molecule has 22 heteroatoms. The van der Waals surface area contributed by atoms with Gasteiger partial charge in [0, 0.05) is 68.7 Å². The lowest BCUT2D eigenvalue weighted by Crippen LogP contribution is -2.54. The molecule has 2 fully saturated rings. The number of unbranched alkanes of at least 4 members (excludes halogenated alkanes) is 2. The number of aromatic nitrogens is 1. The summed E-state index contributed by atoms with van der Waals surface area (Å²) in [6.07, 6.45) is 7.18. The van der Waals surface area contributed by atoms with E-state index in [1.165, 1.54) is 18.3 Å². The third-order valence-electron chi connectivity index (χ3n) is 12.6. The fraction of sp³-hybridized carbons (Fsp3) is 0.479. The number of amides is 8. The lowest BCUT2D eigenvalue weighted by molar-refractivity contribution is -0.137. The number of imide groups is 1. The number of primary amides is 1. The van der Waals surface area contributed by atoms with Crippen molar-refractivity contribution in [2.45, 2.75) is 109 Å². The van der Waals surface area contributed by atoms with Crippen LogP contribution in [0.15, 0.2) is 53.5 Å². The first kappa shape index (κ1) is 52.3. The zero-order valence-corrected chi connectivity index (χ0v) is 39.9. The smallest absolute Gasteiger partial charge is 0.407 e. The van der Waals surface area contributed by atoms with Crippen LogP contribution in [-0.4, -0.2) is 107 Å². The second-order valence-electron chi connectivity index (χ2n) is 18.2. The van der Waals surface area contributed by atoms with E-state index in [9.17, 15) is 48.3 Å². The number of nitrogens with zero attached hydrogens (tertiary/aromatic N) is 3. The maximum absolute atomic E-state index is 15.7. The van der Waals surface area contributed by atoms with E-state index < -0.39 is 64.8 Å². The third-order valence-corrected chi connectivity index (χ3v) is 13.0. The van der Waals surface area contributed by atoms with Crippen LogP contribution in [0.2, 0.25) is 5.02 Å². The van der Waals surface area contributed by atoms with Crippen molar-refractivity contribution in [3.8, 4) is 0 Å². The van der Waals surface area contributed by atoms with Gasteiger partial charge in [-0.15, -0.1) is 0 Å². The molecule has 3 aromatic rings. The van der Waals surface area contributed by atoms with Crippen molar-refractivity contribution in [1.82, 2.24) is 30.7 Å². The molecule has 1 saturated heterocycles. The van der Waals surface area contributed by atoms with Crippen LogP contribution >= 0.6 is 11.6 Å². The molecule has 4 unspecified atom stereocenters. The number of carbonyl (C=O) groups is 8. The Kier molecular flexibility index (Phi) is 17.6. The fourth-order valence-electron chi connectivity index (χ4n) is 8.53. The Morgan fingerprint density at radius 3 is 2.26 bits per heavy atom. The van der Waals surface area contributed by atoms with Gasteiger partial charge in [0.1, 0.15) is 30.1 Å². The molecule has 3 heterocycles. The van der Waals surface area contributed by atoms with Crippen molar-refractivity contribution in [1.29, 1.82) is 0 Å². The van der Waals surface area contributed by atoms with Crippen LogP contribution in [0.1, 0.15) is 101 Å². The van der Waals surface area contributed by atoms with Crippen molar-refractivity contribution in [3.63, 3.8) is 0 Å².